The van der Waals surface area contributed by atoms with E-state index in [0.717, 1.165) is 66.5 Å². The maximum atomic E-state index is 6.85. The third-order valence-electron chi connectivity index (χ3n) is 9.64. The Hall–Kier alpha value is -6.58. The van der Waals surface area contributed by atoms with Gasteiger partial charge in [0, 0.05) is 32.9 Å². The number of rotatable bonds is 5. The van der Waals surface area contributed by atoms with E-state index < -0.39 is 0 Å². The molecule has 2 heterocycles. The normalized spacial score (nSPS) is 11.7. The smallest absolute Gasteiger partial charge is 0.159 e. The summed E-state index contributed by atoms with van der Waals surface area (Å²) in [5, 5.41) is 6.60. The Bertz CT molecular complexity index is 2810. The number of anilines is 3. The van der Waals surface area contributed by atoms with E-state index in [0.29, 0.717) is 0 Å². The van der Waals surface area contributed by atoms with Crippen molar-refractivity contribution in [3.8, 4) is 22.3 Å². The number of furan rings is 2. The fourth-order valence-corrected chi connectivity index (χ4v) is 7.21. The fraction of sp³-hybridized carbons (Fsp3) is 0. The zero-order chi connectivity index (χ0) is 32.3. The first-order valence-electron chi connectivity index (χ1n) is 16.6. The highest BCUT2D eigenvalue weighted by atomic mass is 16.3. The molecule has 0 amide bonds. The summed E-state index contributed by atoms with van der Waals surface area (Å²) < 4.78 is 13.3. The van der Waals surface area contributed by atoms with Crippen LogP contribution >= 0.6 is 0 Å². The monoisotopic (exact) mass is 627 g/mol. The average molecular weight is 628 g/mol. The van der Waals surface area contributed by atoms with Gasteiger partial charge in [-0.3, -0.25) is 0 Å². The van der Waals surface area contributed by atoms with E-state index in [1.54, 1.807) is 0 Å². The van der Waals surface area contributed by atoms with Gasteiger partial charge in [-0.25, -0.2) is 0 Å². The van der Waals surface area contributed by atoms with Gasteiger partial charge in [-0.2, -0.15) is 0 Å². The van der Waals surface area contributed by atoms with Crippen molar-refractivity contribution in [3.05, 3.63) is 176 Å². The van der Waals surface area contributed by atoms with Crippen molar-refractivity contribution in [1.29, 1.82) is 0 Å². The summed E-state index contributed by atoms with van der Waals surface area (Å²) in [4.78, 5) is 2.30. The number of benzene rings is 8. The Morgan fingerprint density at radius 2 is 0.918 bits per heavy atom. The largest absolute Gasteiger partial charge is 0.456 e. The Labute approximate surface area is 282 Å². The van der Waals surface area contributed by atoms with Crippen LogP contribution < -0.4 is 4.90 Å². The van der Waals surface area contributed by atoms with Gasteiger partial charge in [-0.15, -0.1) is 0 Å². The van der Waals surface area contributed by atoms with Gasteiger partial charge in [-0.1, -0.05) is 121 Å². The summed E-state index contributed by atoms with van der Waals surface area (Å²) in [5.41, 5.74) is 11.2. The van der Waals surface area contributed by atoms with Crippen LogP contribution in [0.25, 0.3) is 76.9 Å². The topological polar surface area (TPSA) is 29.5 Å². The molecule has 2 aromatic heterocycles. The van der Waals surface area contributed by atoms with Crippen molar-refractivity contribution in [2.45, 2.75) is 0 Å². The van der Waals surface area contributed by atoms with Crippen LogP contribution in [0.3, 0.4) is 0 Å². The molecule has 0 bridgehead atoms. The highest BCUT2D eigenvalue weighted by molar-refractivity contribution is 6.17. The molecule has 0 atom stereocenters. The Morgan fingerprint density at radius 1 is 0.327 bits per heavy atom. The molecule has 0 spiro atoms. The summed E-state index contributed by atoms with van der Waals surface area (Å²) in [6, 6.07) is 62.0. The lowest BCUT2D eigenvalue weighted by Gasteiger charge is -2.26. The van der Waals surface area contributed by atoms with Gasteiger partial charge in [0.25, 0.3) is 0 Å². The zero-order valence-corrected chi connectivity index (χ0v) is 26.5. The van der Waals surface area contributed by atoms with E-state index in [1.165, 1.54) is 27.5 Å². The lowest BCUT2D eigenvalue weighted by atomic mass is 10.0. The molecule has 0 saturated heterocycles. The number of hydrogen-bond donors (Lipinski definition) is 0. The second-order valence-corrected chi connectivity index (χ2v) is 12.6. The van der Waals surface area contributed by atoms with Crippen LogP contribution in [0.5, 0.6) is 0 Å². The molecule has 0 N–H and O–H groups in total. The summed E-state index contributed by atoms with van der Waals surface area (Å²) in [6.07, 6.45) is 0. The minimum atomic E-state index is 0.833. The number of nitrogens with zero attached hydrogens (tertiary/aromatic N) is 1. The summed E-state index contributed by atoms with van der Waals surface area (Å²) in [7, 11) is 0. The third kappa shape index (κ3) is 4.59. The van der Waals surface area contributed by atoms with Crippen molar-refractivity contribution >= 4 is 71.7 Å². The van der Waals surface area contributed by atoms with Gasteiger partial charge in [0.2, 0.25) is 0 Å². The highest BCUT2D eigenvalue weighted by Gasteiger charge is 2.21. The first kappa shape index (κ1) is 27.5. The molecule has 10 aromatic rings. The van der Waals surface area contributed by atoms with Crippen molar-refractivity contribution in [1.82, 2.24) is 0 Å². The van der Waals surface area contributed by atoms with E-state index in [4.69, 9.17) is 8.83 Å². The molecule has 3 heteroatoms. The second-order valence-electron chi connectivity index (χ2n) is 12.6. The van der Waals surface area contributed by atoms with Crippen LogP contribution in [0, 0.1) is 0 Å². The van der Waals surface area contributed by atoms with Crippen LogP contribution in [0.2, 0.25) is 0 Å². The van der Waals surface area contributed by atoms with Gasteiger partial charge in [-0.05, 0) is 87.6 Å². The third-order valence-corrected chi connectivity index (χ3v) is 9.64. The standard InChI is InChI=1S/C46H29NO2/c1-3-10-30(11-4-1)33-18-22-36(23-19-33)47(37-24-20-32-14-7-8-15-34(32)26-37)42-17-9-16-38-40-28-44-41(29-45(40)49-46(38)42)39-27-35(21-25-43(39)48-44)31-12-5-2-6-13-31/h1-29H. The van der Waals surface area contributed by atoms with E-state index in [9.17, 15) is 0 Å². The lowest BCUT2D eigenvalue weighted by Crippen LogP contribution is -2.10. The summed E-state index contributed by atoms with van der Waals surface area (Å²) in [6.45, 7) is 0. The quantitative estimate of drug-likeness (QED) is 0.190. The van der Waals surface area contributed by atoms with Gasteiger partial charge < -0.3 is 13.7 Å². The fourth-order valence-electron chi connectivity index (χ4n) is 7.21. The maximum Gasteiger partial charge on any atom is 0.159 e. The number of hydrogen-bond acceptors (Lipinski definition) is 3. The summed E-state index contributed by atoms with van der Waals surface area (Å²) in [5.74, 6) is 0. The minimum absolute atomic E-state index is 0.833. The summed E-state index contributed by atoms with van der Waals surface area (Å²) >= 11 is 0. The molecule has 0 saturated carbocycles. The van der Waals surface area contributed by atoms with Crippen molar-refractivity contribution < 1.29 is 8.83 Å². The molecule has 230 valence electrons. The Kier molecular flexibility index (Phi) is 6.18. The molecule has 8 aromatic carbocycles. The average Bonchev–Trinajstić information content (AvgIpc) is 3.72. The Morgan fingerprint density at radius 3 is 1.69 bits per heavy atom. The molecule has 49 heavy (non-hydrogen) atoms. The van der Waals surface area contributed by atoms with Crippen LogP contribution in [-0.4, -0.2) is 0 Å². The molecule has 0 aliphatic heterocycles. The van der Waals surface area contributed by atoms with Crippen molar-refractivity contribution in [2.24, 2.45) is 0 Å². The van der Waals surface area contributed by atoms with Gasteiger partial charge in [0.05, 0.1) is 5.69 Å². The molecular weight excluding hydrogens is 599 g/mol. The molecular formula is C46H29NO2. The van der Waals surface area contributed by atoms with Crippen molar-refractivity contribution in [2.75, 3.05) is 4.90 Å². The van der Waals surface area contributed by atoms with E-state index in [2.05, 4.69) is 175 Å². The predicted octanol–water partition coefficient (Wildman–Crippen LogP) is 13.4. The van der Waals surface area contributed by atoms with Gasteiger partial charge in [0.15, 0.2) is 5.58 Å². The highest BCUT2D eigenvalue weighted by Crippen LogP contribution is 2.44. The molecule has 0 aliphatic rings. The Balaban J connectivity index is 1.16. The predicted molar refractivity (Wildman–Crippen MR) is 204 cm³/mol. The van der Waals surface area contributed by atoms with E-state index in [1.807, 2.05) is 6.07 Å². The number of fused-ring (bicyclic) bond motifs is 7. The van der Waals surface area contributed by atoms with Crippen LogP contribution in [-0.2, 0) is 0 Å². The minimum Gasteiger partial charge on any atom is -0.456 e. The van der Waals surface area contributed by atoms with Crippen LogP contribution in [0.1, 0.15) is 0 Å². The molecule has 10 rings (SSSR count). The van der Waals surface area contributed by atoms with Gasteiger partial charge >= 0.3 is 0 Å². The second kappa shape index (κ2) is 11.0. The first-order valence-corrected chi connectivity index (χ1v) is 16.6. The van der Waals surface area contributed by atoms with Gasteiger partial charge in [0.1, 0.15) is 16.7 Å². The number of para-hydroxylation sites is 1. The SMILES string of the molecule is c1ccc(-c2ccc(N(c3ccc4ccccc4c3)c3cccc4c3oc3cc5c(cc34)oc3ccc(-c4ccccc4)cc35)cc2)cc1. The molecule has 0 radical (unpaired) electrons. The first-order chi connectivity index (χ1) is 24.3. The van der Waals surface area contributed by atoms with Crippen LogP contribution in [0.15, 0.2) is 185 Å². The maximum absolute atomic E-state index is 6.85. The lowest BCUT2D eigenvalue weighted by molar-refractivity contribution is 0.664. The van der Waals surface area contributed by atoms with E-state index in [-0.39, 0.29) is 0 Å². The zero-order valence-electron chi connectivity index (χ0n) is 26.5. The molecule has 0 unspecified atom stereocenters. The molecule has 0 aliphatic carbocycles. The molecule has 3 nitrogen and oxygen atoms in total. The van der Waals surface area contributed by atoms with E-state index >= 15 is 0 Å². The van der Waals surface area contributed by atoms with Crippen LogP contribution in [0.4, 0.5) is 17.1 Å². The molecule has 0 fully saturated rings. The van der Waals surface area contributed by atoms with Crippen molar-refractivity contribution in [3.63, 3.8) is 0 Å².